The third-order valence-electron chi connectivity index (χ3n) is 5.68. The zero-order valence-corrected chi connectivity index (χ0v) is 19.3. The lowest BCUT2D eigenvalue weighted by molar-refractivity contribution is -0.402. The van der Waals surface area contributed by atoms with E-state index in [0.717, 1.165) is 5.69 Å². The molecular formula is C25H22FN5O5. The van der Waals surface area contributed by atoms with E-state index in [2.05, 4.69) is 15.3 Å². The Balaban J connectivity index is 1.56. The minimum Gasteiger partial charge on any atom is -0.497 e. The van der Waals surface area contributed by atoms with Gasteiger partial charge in [0.25, 0.3) is 0 Å². The van der Waals surface area contributed by atoms with Crippen molar-refractivity contribution < 1.29 is 23.2 Å². The van der Waals surface area contributed by atoms with E-state index in [9.17, 15) is 10.1 Å². The van der Waals surface area contributed by atoms with Crippen molar-refractivity contribution in [2.24, 2.45) is 0 Å². The van der Waals surface area contributed by atoms with E-state index < -0.39 is 10.7 Å². The lowest BCUT2D eigenvalue weighted by Gasteiger charge is -2.29. The molecule has 1 saturated heterocycles. The normalized spacial score (nSPS) is 13.9. The fraction of sp³-hybridized carbons (Fsp3) is 0.200. The zero-order valence-electron chi connectivity index (χ0n) is 19.3. The number of ether oxygens (including phenoxy) is 2. The Morgan fingerprint density at radius 1 is 1.11 bits per heavy atom. The Morgan fingerprint density at radius 2 is 1.89 bits per heavy atom. The second-order valence-electron chi connectivity index (χ2n) is 7.97. The summed E-state index contributed by atoms with van der Waals surface area (Å²) in [5.41, 5.74) is 1.61. The fourth-order valence-corrected chi connectivity index (χ4v) is 3.87. The highest BCUT2D eigenvalue weighted by molar-refractivity contribution is 5.94. The molecule has 5 rings (SSSR count). The van der Waals surface area contributed by atoms with Crippen LogP contribution in [0.4, 0.5) is 27.5 Å². The lowest BCUT2D eigenvalue weighted by Crippen LogP contribution is -2.36. The second-order valence-corrected chi connectivity index (χ2v) is 7.97. The maximum absolute atomic E-state index is 15.1. The van der Waals surface area contributed by atoms with Crippen molar-refractivity contribution >= 4 is 46.1 Å². The first-order valence-corrected chi connectivity index (χ1v) is 11.2. The first-order chi connectivity index (χ1) is 17.5. The molecule has 1 aliphatic heterocycles. The van der Waals surface area contributed by atoms with Crippen LogP contribution in [0.15, 0.2) is 52.9 Å². The van der Waals surface area contributed by atoms with Gasteiger partial charge in [-0.15, -0.1) is 0 Å². The van der Waals surface area contributed by atoms with Crippen LogP contribution in [-0.2, 0) is 4.74 Å². The summed E-state index contributed by atoms with van der Waals surface area (Å²) in [6.45, 7) is 2.22. The third-order valence-corrected chi connectivity index (χ3v) is 5.68. The molecule has 1 N–H and O–H groups in total. The molecule has 0 atom stereocenters. The molecule has 3 heterocycles. The van der Waals surface area contributed by atoms with Gasteiger partial charge in [0, 0.05) is 30.2 Å². The molecule has 0 spiro atoms. The van der Waals surface area contributed by atoms with Gasteiger partial charge in [-0.05, 0) is 48.6 Å². The van der Waals surface area contributed by atoms with E-state index >= 15 is 4.39 Å². The highest BCUT2D eigenvalue weighted by atomic mass is 19.1. The van der Waals surface area contributed by atoms with Crippen molar-refractivity contribution in [3.05, 3.63) is 76.0 Å². The molecule has 0 radical (unpaired) electrons. The highest BCUT2D eigenvalue weighted by Crippen LogP contribution is 2.32. The van der Waals surface area contributed by atoms with Gasteiger partial charge in [-0.1, -0.05) is 0 Å². The number of hydrogen-bond acceptors (Lipinski definition) is 9. The number of hydrogen-bond donors (Lipinski definition) is 1. The molecule has 2 aromatic carbocycles. The Hall–Kier alpha value is -4.51. The molecule has 1 fully saturated rings. The topological polar surface area (TPSA) is 116 Å². The number of rotatable bonds is 7. The number of halogens is 1. The highest BCUT2D eigenvalue weighted by Gasteiger charge is 2.19. The van der Waals surface area contributed by atoms with Gasteiger partial charge in [0.2, 0.25) is 0 Å². The number of aromatic nitrogens is 2. The van der Waals surface area contributed by atoms with Gasteiger partial charge in [0.15, 0.2) is 5.82 Å². The summed E-state index contributed by atoms with van der Waals surface area (Å²) >= 11 is 0. The SMILES string of the molecule is COc1ccc(Nc2nc(C=Cc3ccc([N+](=O)[O-])o3)nc3cc(F)c(N4CCOCC4)cc23)cc1. The van der Waals surface area contributed by atoms with Crippen LogP contribution in [0.2, 0.25) is 0 Å². The van der Waals surface area contributed by atoms with Crippen LogP contribution in [0.3, 0.4) is 0 Å². The summed E-state index contributed by atoms with van der Waals surface area (Å²) in [5, 5.41) is 14.8. The Kier molecular flexibility index (Phi) is 6.46. The molecule has 0 saturated carbocycles. The van der Waals surface area contributed by atoms with Crippen molar-refractivity contribution in [3.8, 4) is 5.75 Å². The third kappa shape index (κ3) is 4.96. The largest absolute Gasteiger partial charge is 0.497 e. The van der Waals surface area contributed by atoms with Gasteiger partial charge < -0.3 is 24.1 Å². The number of anilines is 3. The van der Waals surface area contributed by atoms with Crippen molar-refractivity contribution in [2.75, 3.05) is 43.6 Å². The number of morpholine rings is 1. The first kappa shape index (κ1) is 23.2. The number of fused-ring (bicyclic) bond motifs is 1. The van der Waals surface area contributed by atoms with Gasteiger partial charge in [-0.3, -0.25) is 10.1 Å². The summed E-state index contributed by atoms with van der Waals surface area (Å²) in [7, 11) is 1.59. The van der Waals surface area contributed by atoms with Crippen LogP contribution in [0.1, 0.15) is 11.6 Å². The minimum absolute atomic E-state index is 0.268. The van der Waals surface area contributed by atoms with E-state index in [1.54, 1.807) is 19.3 Å². The number of nitro groups is 1. The molecule has 36 heavy (non-hydrogen) atoms. The van der Waals surface area contributed by atoms with Crippen molar-refractivity contribution in [1.29, 1.82) is 0 Å². The van der Waals surface area contributed by atoms with Gasteiger partial charge in [0.1, 0.15) is 28.1 Å². The quantitative estimate of drug-likeness (QED) is 0.281. The van der Waals surface area contributed by atoms with E-state index in [-0.39, 0.29) is 17.5 Å². The van der Waals surface area contributed by atoms with Crippen molar-refractivity contribution in [3.63, 3.8) is 0 Å². The first-order valence-electron chi connectivity index (χ1n) is 11.2. The van der Waals surface area contributed by atoms with Gasteiger partial charge >= 0.3 is 5.88 Å². The molecule has 0 bridgehead atoms. The lowest BCUT2D eigenvalue weighted by atomic mass is 10.1. The van der Waals surface area contributed by atoms with E-state index in [0.29, 0.717) is 54.5 Å². The molecule has 10 nitrogen and oxygen atoms in total. The van der Waals surface area contributed by atoms with Crippen LogP contribution in [0.25, 0.3) is 23.1 Å². The maximum atomic E-state index is 15.1. The summed E-state index contributed by atoms with van der Waals surface area (Å²) in [5.74, 6) is 0.967. The van der Waals surface area contributed by atoms with E-state index in [1.165, 1.54) is 24.3 Å². The molecule has 184 valence electrons. The maximum Gasteiger partial charge on any atom is 0.433 e. The molecule has 0 aliphatic carbocycles. The molecule has 4 aromatic rings. The zero-order chi connectivity index (χ0) is 25.1. The van der Waals surface area contributed by atoms with Crippen LogP contribution in [0, 0.1) is 15.9 Å². The standard InChI is InChI=1S/C25H22FN5O5/c1-34-17-4-2-16(3-5-17)27-25-19-14-22(30-10-12-35-13-11-30)20(26)15-21(19)28-23(29-25)8-6-18-7-9-24(36-18)31(32)33/h2-9,14-15H,10-13H2,1H3,(H,27,28,29). The van der Waals surface area contributed by atoms with E-state index in [4.69, 9.17) is 13.9 Å². The number of nitrogens with zero attached hydrogens (tertiary/aromatic N) is 4. The molecule has 0 unspecified atom stereocenters. The summed E-state index contributed by atoms with van der Waals surface area (Å²) < 4.78 is 30.9. The van der Waals surface area contributed by atoms with Crippen LogP contribution >= 0.6 is 0 Å². The van der Waals surface area contributed by atoms with Crippen molar-refractivity contribution in [1.82, 2.24) is 9.97 Å². The molecule has 2 aromatic heterocycles. The van der Waals surface area contributed by atoms with Crippen LogP contribution in [0.5, 0.6) is 5.75 Å². The summed E-state index contributed by atoms with van der Waals surface area (Å²) in [6.07, 6.45) is 3.07. The van der Waals surface area contributed by atoms with Gasteiger partial charge in [0.05, 0.1) is 37.6 Å². The van der Waals surface area contributed by atoms with Gasteiger partial charge in [-0.25, -0.2) is 14.4 Å². The molecular weight excluding hydrogens is 469 g/mol. The number of methoxy groups -OCH3 is 1. The monoisotopic (exact) mass is 491 g/mol. The molecule has 1 aliphatic rings. The number of benzene rings is 2. The smallest absolute Gasteiger partial charge is 0.433 e. The predicted octanol–water partition coefficient (Wildman–Crippen LogP) is 5.03. The summed E-state index contributed by atoms with van der Waals surface area (Å²) in [4.78, 5) is 21.3. The predicted molar refractivity (Wildman–Crippen MR) is 133 cm³/mol. The average molecular weight is 491 g/mol. The average Bonchev–Trinajstić information content (AvgIpc) is 3.38. The molecule has 11 heteroatoms. The molecule has 0 amide bonds. The second kappa shape index (κ2) is 10.0. The Labute approximate surface area is 205 Å². The number of furan rings is 1. The minimum atomic E-state index is -0.616. The Morgan fingerprint density at radius 3 is 2.58 bits per heavy atom. The Bertz CT molecular complexity index is 1430. The summed E-state index contributed by atoms with van der Waals surface area (Å²) in [6, 6.07) is 13.2. The van der Waals surface area contributed by atoms with E-state index in [1.807, 2.05) is 29.2 Å². The van der Waals surface area contributed by atoms with Crippen LogP contribution in [-0.4, -0.2) is 48.3 Å². The van der Waals surface area contributed by atoms with Crippen molar-refractivity contribution in [2.45, 2.75) is 0 Å². The van der Waals surface area contributed by atoms with Crippen LogP contribution < -0.4 is 15.0 Å². The van der Waals surface area contributed by atoms with Gasteiger partial charge in [-0.2, -0.15) is 0 Å². The number of nitrogens with one attached hydrogen (secondary N) is 1. The fourth-order valence-electron chi connectivity index (χ4n) is 3.87.